The smallest absolute Gasteiger partial charge is 0.411 e. The Morgan fingerprint density at radius 3 is 2.22 bits per heavy atom. The number of nitroso groups, excluding NO2 is 1. The molecule has 0 aliphatic rings. The number of methoxy groups -OCH3 is 1. The molecule has 1 N–H and O–H groups in total. The third-order valence-electron chi connectivity index (χ3n) is 3.27. The molecule has 142 valence electrons. The van der Waals surface area contributed by atoms with Gasteiger partial charge in [0.2, 0.25) is 0 Å². The zero-order valence-corrected chi connectivity index (χ0v) is 14.2. The lowest BCUT2D eigenvalue weighted by Crippen LogP contribution is -2.17. The summed E-state index contributed by atoms with van der Waals surface area (Å²) in [5.41, 5.74) is 1.42. The number of carbonyl (C=O) groups excluding carboxylic acids is 1. The fourth-order valence-electron chi connectivity index (χ4n) is 2.05. The SMILES string of the molecule is COc1ccc(N(N=O)c2ccc(NC(=O)OCCO[N+](=O)[O-])cc2)cc1. The quantitative estimate of drug-likeness (QED) is 0.305. The second kappa shape index (κ2) is 9.56. The lowest BCUT2D eigenvalue weighted by Gasteiger charge is -2.16. The number of benzene rings is 2. The van der Waals surface area contributed by atoms with Crippen LogP contribution in [0.4, 0.5) is 21.9 Å². The topological polar surface area (TPSA) is 133 Å². The van der Waals surface area contributed by atoms with Crippen LogP contribution in [0.5, 0.6) is 5.75 Å². The van der Waals surface area contributed by atoms with E-state index in [4.69, 9.17) is 9.47 Å². The summed E-state index contributed by atoms with van der Waals surface area (Å²) >= 11 is 0. The minimum absolute atomic E-state index is 0.273. The van der Waals surface area contributed by atoms with Crippen molar-refractivity contribution < 1.29 is 24.2 Å². The molecular weight excluding hydrogens is 360 g/mol. The molecule has 0 radical (unpaired) electrons. The van der Waals surface area contributed by atoms with Crippen LogP contribution in [0.1, 0.15) is 0 Å². The molecule has 0 fully saturated rings. The Kier molecular flexibility index (Phi) is 6.88. The van der Waals surface area contributed by atoms with Crippen LogP contribution in [-0.4, -0.2) is 31.5 Å². The third-order valence-corrected chi connectivity index (χ3v) is 3.27. The molecule has 1 amide bonds. The Balaban J connectivity index is 1.95. The minimum Gasteiger partial charge on any atom is -0.497 e. The molecular formula is C16H16N4O7. The van der Waals surface area contributed by atoms with Gasteiger partial charge in [0.1, 0.15) is 19.0 Å². The highest BCUT2D eigenvalue weighted by Crippen LogP contribution is 2.28. The van der Waals surface area contributed by atoms with Gasteiger partial charge in [-0.2, -0.15) is 5.01 Å². The van der Waals surface area contributed by atoms with Gasteiger partial charge in [-0.05, 0) is 48.5 Å². The number of hydrogen-bond acceptors (Lipinski definition) is 8. The Labute approximate surface area is 153 Å². The van der Waals surface area contributed by atoms with Crippen molar-refractivity contribution in [3.8, 4) is 5.75 Å². The lowest BCUT2D eigenvalue weighted by atomic mass is 10.2. The number of amides is 1. The first-order valence-electron chi connectivity index (χ1n) is 7.62. The number of nitrogens with zero attached hydrogens (tertiary/aromatic N) is 3. The summed E-state index contributed by atoms with van der Waals surface area (Å²) in [6, 6.07) is 13.0. The molecule has 2 aromatic carbocycles. The molecule has 0 aliphatic heterocycles. The fourth-order valence-corrected chi connectivity index (χ4v) is 2.05. The Morgan fingerprint density at radius 2 is 1.70 bits per heavy atom. The van der Waals surface area contributed by atoms with Crippen LogP contribution in [0.25, 0.3) is 0 Å². The molecule has 27 heavy (non-hydrogen) atoms. The lowest BCUT2D eigenvalue weighted by molar-refractivity contribution is -0.757. The van der Waals surface area contributed by atoms with Crippen LogP contribution < -0.4 is 15.1 Å². The summed E-state index contributed by atoms with van der Waals surface area (Å²) < 4.78 is 9.78. The van der Waals surface area contributed by atoms with E-state index in [9.17, 15) is 19.8 Å². The molecule has 0 aliphatic carbocycles. The summed E-state index contributed by atoms with van der Waals surface area (Å²) in [5, 5.41) is 15.6. The van der Waals surface area contributed by atoms with E-state index < -0.39 is 11.2 Å². The van der Waals surface area contributed by atoms with Gasteiger partial charge in [0, 0.05) is 5.69 Å². The van der Waals surface area contributed by atoms with E-state index in [2.05, 4.69) is 15.4 Å². The molecule has 0 unspecified atom stereocenters. The van der Waals surface area contributed by atoms with Crippen molar-refractivity contribution in [1.82, 2.24) is 0 Å². The van der Waals surface area contributed by atoms with Gasteiger partial charge in [-0.15, -0.1) is 15.0 Å². The molecule has 0 atom stereocenters. The van der Waals surface area contributed by atoms with Crippen LogP contribution in [0.15, 0.2) is 53.8 Å². The highest BCUT2D eigenvalue weighted by atomic mass is 17.0. The maximum Gasteiger partial charge on any atom is 0.411 e. The van der Waals surface area contributed by atoms with Gasteiger partial charge in [0.25, 0.3) is 5.09 Å². The number of ether oxygens (including phenoxy) is 2. The average molecular weight is 376 g/mol. The number of anilines is 3. The Morgan fingerprint density at radius 1 is 1.11 bits per heavy atom. The highest BCUT2D eigenvalue weighted by molar-refractivity contribution is 5.85. The second-order valence-corrected chi connectivity index (χ2v) is 4.96. The van der Waals surface area contributed by atoms with Gasteiger partial charge in [0.05, 0.1) is 23.8 Å². The molecule has 2 aromatic rings. The van der Waals surface area contributed by atoms with Crippen molar-refractivity contribution in [2.24, 2.45) is 5.29 Å². The maximum absolute atomic E-state index is 11.6. The zero-order chi connectivity index (χ0) is 19.6. The first-order valence-corrected chi connectivity index (χ1v) is 7.62. The number of carbonyl (C=O) groups is 1. The van der Waals surface area contributed by atoms with Crippen LogP contribution in [0.3, 0.4) is 0 Å². The van der Waals surface area contributed by atoms with E-state index in [1.165, 1.54) is 12.1 Å². The number of rotatable bonds is 9. The first kappa shape index (κ1) is 19.4. The van der Waals surface area contributed by atoms with Crippen LogP contribution in [0.2, 0.25) is 0 Å². The second-order valence-electron chi connectivity index (χ2n) is 4.96. The fraction of sp³-hybridized carbons (Fsp3) is 0.188. The number of hydrogen-bond donors (Lipinski definition) is 1. The average Bonchev–Trinajstić information content (AvgIpc) is 2.67. The molecule has 0 bridgehead atoms. The predicted octanol–water partition coefficient (Wildman–Crippen LogP) is 3.27. The summed E-state index contributed by atoms with van der Waals surface area (Å²) in [6.07, 6.45) is -0.796. The van der Waals surface area contributed by atoms with Crippen molar-refractivity contribution in [2.75, 3.05) is 30.6 Å². The summed E-state index contributed by atoms with van der Waals surface area (Å²) in [7, 11) is 1.54. The Bertz CT molecular complexity index is 780. The van der Waals surface area contributed by atoms with Gasteiger partial charge >= 0.3 is 6.09 Å². The van der Waals surface area contributed by atoms with Crippen LogP contribution in [-0.2, 0) is 9.57 Å². The molecule has 0 saturated carbocycles. The third kappa shape index (κ3) is 5.85. The maximum atomic E-state index is 11.6. The molecule has 0 spiro atoms. The monoisotopic (exact) mass is 376 g/mol. The molecule has 0 heterocycles. The van der Waals surface area contributed by atoms with E-state index in [-0.39, 0.29) is 13.2 Å². The largest absolute Gasteiger partial charge is 0.497 e. The molecule has 11 heteroatoms. The Hall–Kier alpha value is -3.89. The predicted molar refractivity (Wildman–Crippen MR) is 95.3 cm³/mol. The summed E-state index contributed by atoms with van der Waals surface area (Å²) in [4.78, 5) is 36.8. The van der Waals surface area contributed by atoms with E-state index in [1.807, 2.05) is 0 Å². The molecule has 0 aromatic heterocycles. The highest BCUT2D eigenvalue weighted by Gasteiger charge is 2.11. The van der Waals surface area contributed by atoms with Gasteiger partial charge in [0.15, 0.2) is 0 Å². The van der Waals surface area contributed by atoms with Gasteiger partial charge in [-0.25, -0.2) is 4.79 Å². The minimum atomic E-state index is -0.977. The summed E-state index contributed by atoms with van der Waals surface area (Å²) in [5.74, 6) is 0.645. The van der Waals surface area contributed by atoms with E-state index in [1.54, 1.807) is 48.5 Å². The standard InChI is InChI=1S/C16H16N4O7/c1-25-15-8-6-14(7-9-15)19(18-22)13-4-2-12(3-5-13)17-16(21)26-10-11-27-20(23)24/h2-9H,10-11H2,1H3,(H,17,21). The van der Waals surface area contributed by atoms with E-state index in [0.717, 1.165) is 0 Å². The van der Waals surface area contributed by atoms with E-state index in [0.29, 0.717) is 22.8 Å². The first-order chi connectivity index (χ1) is 13.0. The van der Waals surface area contributed by atoms with Crippen molar-refractivity contribution >= 4 is 23.2 Å². The van der Waals surface area contributed by atoms with Crippen LogP contribution >= 0.6 is 0 Å². The zero-order valence-electron chi connectivity index (χ0n) is 14.2. The summed E-state index contributed by atoms with van der Waals surface area (Å²) in [6.45, 7) is -0.633. The molecule has 0 saturated heterocycles. The van der Waals surface area contributed by atoms with Gasteiger partial charge < -0.3 is 14.3 Å². The van der Waals surface area contributed by atoms with Crippen molar-refractivity contribution in [3.63, 3.8) is 0 Å². The van der Waals surface area contributed by atoms with Crippen molar-refractivity contribution in [1.29, 1.82) is 0 Å². The van der Waals surface area contributed by atoms with Crippen molar-refractivity contribution in [2.45, 2.75) is 0 Å². The van der Waals surface area contributed by atoms with Crippen LogP contribution in [0, 0.1) is 15.0 Å². The molecule has 2 rings (SSSR count). The van der Waals surface area contributed by atoms with Crippen molar-refractivity contribution in [3.05, 3.63) is 63.6 Å². The van der Waals surface area contributed by atoms with E-state index >= 15 is 0 Å². The molecule has 11 nitrogen and oxygen atoms in total. The van der Waals surface area contributed by atoms with Gasteiger partial charge in [-0.1, -0.05) is 0 Å². The normalized spacial score (nSPS) is 9.81. The van der Waals surface area contributed by atoms with Gasteiger partial charge in [-0.3, -0.25) is 5.32 Å². The number of nitrogens with one attached hydrogen (secondary N) is 1.